The zero-order chi connectivity index (χ0) is 18.2. The maximum atomic E-state index is 11.8. The summed E-state index contributed by atoms with van der Waals surface area (Å²) in [6.45, 7) is 3.28. The highest BCUT2D eigenvalue weighted by Gasteiger charge is 2.36. The Hall–Kier alpha value is -1.89. The molecule has 3 N–H and O–H groups in total. The van der Waals surface area contributed by atoms with E-state index in [1.54, 1.807) is 0 Å². The van der Waals surface area contributed by atoms with Crippen molar-refractivity contribution in [3.8, 4) is 5.75 Å². The largest absolute Gasteiger partial charge is 0.368 e. The number of fused-ring (bicyclic) bond motifs is 4. The van der Waals surface area contributed by atoms with Gasteiger partial charge in [-0.2, -0.15) is 4.89 Å². The van der Waals surface area contributed by atoms with Gasteiger partial charge in [-0.15, -0.1) is 0 Å². The van der Waals surface area contributed by atoms with Gasteiger partial charge in [-0.25, -0.2) is 0 Å². The first-order valence-corrected chi connectivity index (χ1v) is 9.56. The Morgan fingerprint density at radius 2 is 2.15 bits per heavy atom. The number of benzene rings is 1. The fraction of sp³-hybridized carbons (Fsp3) is 0.550. The number of primary amides is 1. The maximum absolute atomic E-state index is 11.8. The van der Waals surface area contributed by atoms with E-state index >= 15 is 0 Å². The van der Waals surface area contributed by atoms with Gasteiger partial charge in [0.25, 0.3) is 0 Å². The molecule has 1 aromatic rings. The van der Waals surface area contributed by atoms with Crippen molar-refractivity contribution in [3.63, 3.8) is 0 Å². The first-order chi connectivity index (χ1) is 12.7. The van der Waals surface area contributed by atoms with E-state index in [-0.39, 0.29) is 18.1 Å². The van der Waals surface area contributed by atoms with Crippen LogP contribution in [0.4, 0.5) is 0 Å². The molecule has 3 atom stereocenters. The van der Waals surface area contributed by atoms with E-state index < -0.39 is 0 Å². The van der Waals surface area contributed by atoms with Gasteiger partial charge >= 0.3 is 0 Å². The summed E-state index contributed by atoms with van der Waals surface area (Å²) < 4.78 is 0. The number of hydrogen-bond acceptors (Lipinski definition) is 5. The molecule has 3 rings (SSSR count). The zero-order valence-corrected chi connectivity index (χ0v) is 15.2. The van der Waals surface area contributed by atoms with Crippen LogP contribution in [0, 0.1) is 0 Å². The van der Waals surface area contributed by atoms with Crippen LogP contribution >= 0.6 is 0 Å². The summed E-state index contributed by atoms with van der Waals surface area (Å²) in [7, 11) is 0. The van der Waals surface area contributed by atoms with Crippen molar-refractivity contribution in [2.24, 2.45) is 5.73 Å². The van der Waals surface area contributed by atoms with E-state index in [0.717, 1.165) is 31.6 Å². The molecule has 142 valence electrons. The molecule has 2 aliphatic heterocycles. The monoisotopic (exact) mass is 359 g/mol. The molecule has 1 amide bonds. The van der Waals surface area contributed by atoms with Crippen molar-refractivity contribution in [1.29, 1.82) is 0 Å². The molecule has 6 heteroatoms. The molecule has 2 aliphatic rings. The van der Waals surface area contributed by atoms with Gasteiger partial charge < -0.3 is 15.9 Å². The molecular formula is C20H29N3O3. The summed E-state index contributed by atoms with van der Waals surface area (Å²) in [6.07, 6.45) is 9.39. The molecule has 0 spiro atoms. The van der Waals surface area contributed by atoms with Crippen LogP contribution in [0.2, 0.25) is 0 Å². The van der Waals surface area contributed by atoms with Gasteiger partial charge in [0.2, 0.25) is 5.91 Å². The smallest absolute Gasteiger partial charge is 0.234 e. The van der Waals surface area contributed by atoms with Crippen molar-refractivity contribution in [2.45, 2.75) is 44.2 Å². The van der Waals surface area contributed by atoms with Crippen molar-refractivity contribution in [1.82, 2.24) is 10.2 Å². The maximum Gasteiger partial charge on any atom is 0.234 e. The lowest BCUT2D eigenvalue weighted by Crippen LogP contribution is -2.43. The van der Waals surface area contributed by atoms with Crippen LogP contribution in [0.25, 0.3) is 6.08 Å². The number of nitrogens with zero attached hydrogens (tertiary/aromatic N) is 1. The average Bonchev–Trinajstić information content (AvgIpc) is 3.05. The highest BCUT2D eigenvalue weighted by molar-refractivity contribution is 5.80. The van der Waals surface area contributed by atoms with Crippen LogP contribution in [-0.4, -0.2) is 49.1 Å². The van der Waals surface area contributed by atoms with Crippen LogP contribution < -0.4 is 15.9 Å². The number of allylic oxidation sites excluding steroid dienone is 1. The predicted molar refractivity (Wildman–Crippen MR) is 101 cm³/mol. The van der Waals surface area contributed by atoms with Crippen molar-refractivity contribution in [2.75, 3.05) is 26.2 Å². The topological polar surface area (TPSA) is 76.8 Å². The highest BCUT2D eigenvalue weighted by Crippen LogP contribution is 2.22. The van der Waals surface area contributed by atoms with Crippen LogP contribution in [0.1, 0.15) is 37.7 Å². The van der Waals surface area contributed by atoms with Crippen LogP contribution in [0.3, 0.4) is 0 Å². The normalized spacial score (nSPS) is 29.2. The first kappa shape index (κ1) is 18.9. The fourth-order valence-electron chi connectivity index (χ4n) is 3.52. The molecule has 0 aromatic heterocycles. The van der Waals surface area contributed by atoms with E-state index in [2.05, 4.69) is 22.4 Å². The Balaban J connectivity index is 1.66. The van der Waals surface area contributed by atoms with Crippen molar-refractivity contribution < 1.29 is 14.6 Å². The van der Waals surface area contributed by atoms with Crippen molar-refractivity contribution >= 4 is 12.0 Å². The van der Waals surface area contributed by atoms with Gasteiger partial charge in [-0.1, -0.05) is 30.7 Å². The molecule has 26 heavy (non-hydrogen) atoms. The van der Waals surface area contributed by atoms with E-state index in [1.165, 1.54) is 19.3 Å². The molecule has 0 saturated carbocycles. The van der Waals surface area contributed by atoms with Crippen molar-refractivity contribution in [3.05, 3.63) is 35.9 Å². The summed E-state index contributed by atoms with van der Waals surface area (Å²) in [5.74, 6) is 0.373. The number of nitrogens with two attached hydrogens (primary N) is 1. The molecule has 4 bridgehead atoms. The lowest BCUT2D eigenvalue weighted by atomic mass is 10.1. The highest BCUT2D eigenvalue weighted by atomic mass is 17.2. The van der Waals surface area contributed by atoms with E-state index in [1.807, 2.05) is 24.3 Å². The third kappa shape index (κ3) is 5.56. The zero-order valence-electron chi connectivity index (χ0n) is 15.2. The molecule has 3 unspecified atom stereocenters. The van der Waals surface area contributed by atoms with Gasteiger partial charge in [-0.05, 0) is 43.5 Å². The molecule has 0 radical (unpaired) electrons. The summed E-state index contributed by atoms with van der Waals surface area (Å²) in [5.41, 5.74) is 6.66. The third-order valence-corrected chi connectivity index (χ3v) is 4.94. The average molecular weight is 359 g/mol. The Morgan fingerprint density at radius 3 is 3.04 bits per heavy atom. The molecule has 1 saturated heterocycles. The van der Waals surface area contributed by atoms with Crippen LogP contribution in [-0.2, 0) is 9.68 Å². The summed E-state index contributed by atoms with van der Waals surface area (Å²) in [6, 6.07) is 7.54. The number of carbonyl (C=O) groups is 1. The van der Waals surface area contributed by atoms with E-state index in [4.69, 9.17) is 15.5 Å². The Kier molecular flexibility index (Phi) is 7.05. The van der Waals surface area contributed by atoms with Gasteiger partial charge in [0.05, 0.1) is 6.04 Å². The number of rotatable bonds is 1. The molecule has 1 aromatic carbocycles. The minimum absolute atomic E-state index is 0.161. The predicted octanol–water partition coefficient (Wildman–Crippen LogP) is 2.10. The molecule has 1 fully saturated rings. The summed E-state index contributed by atoms with van der Waals surface area (Å²) in [5, 5.41) is 3.45. The summed E-state index contributed by atoms with van der Waals surface area (Å²) >= 11 is 0. The Bertz CT molecular complexity index is 620. The molecule has 2 heterocycles. The molecule has 6 nitrogen and oxygen atoms in total. The van der Waals surface area contributed by atoms with Crippen LogP contribution in [0.5, 0.6) is 5.75 Å². The number of hydrogen-bond donors (Lipinski definition) is 2. The number of nitrogens with one attached hydrogen (secondary N) is 1. The lowest BCUT2D eigenvalue weighted by molar-refractivity contribution is -0.240. The second kappa shape index (κ2) is 9.71. The Labute approximate surface area is 155 Å². The number of amides is 1. The summed E-state index contributed by atoms with van der Waals surface area (Å²) in [4.78, 5) is 25.0. The minimum atomic E-state index is -0.297. The van der Waals surface area contributed by atoms with E-state index in [9.17, 15) is 4.79 Å². The lowest BCUT2D eigenvalue weighted by Gasteiger charge is -2.21. The van der Waals surface area contributed by atoms with Gasteiger partial charge in [0, 0.05) is 26.1 Å². The second-order valence-corrected chi connectivity index (χ2v) is 7.02. The molecular weight excluding hydrogens is 330 g/mol. The second-order valence-electron chi connectivity index (χ2n) is 7.02. The van der Waals surface area contributed by atoms with Gasteiger partial charge in [0.1, 0.15) is 6.10 Å². The minimum Gasteiger partial charge on any atom is -0.368 e. The van der Waals surface area contributed by atoms with Crippen LogP contribution in [0.15, 0.2) is 30.3 Å². The molecule has 0 aliphatic carbocycles. The SMILES string of the molecule is NC(=O)C1CC2CN1CCNCCCCC/C=C\c1cccc(c1)OO2. The quantitative estimate of drug-likeness (QED) is 0.751. The van der Waals surface area contributed by atoms with Gasteiger partial charge in [-0.3, -0.25) is 9.69 Å². The number of carbonyl (C=O) groups excluding carboxylic acids is 1. The van der Waals surface area contributed by atoms with E-state index in [0.29, 0.717) is 18.7 Å². The fourth-order valence-corrected chi connectivity index (χ4v) is 3.52. The standard InChI is InChI=1S/C20H29N3O3/c21-20(24)19-14-18-15-23(19)12-11-22-10-5-3-1-2-4-7-16-8-6-9-17(13-16)25-26-18/h4,6-9,13,18-19,22H,1-3,5,10-12,14-15H2,(H2,21,24)/b7-4-. The Morgan fingerprint density at radius 1 is 1.23 bits per heavy atom. The third-order valence-electron chi connectivity index (χ3n) is 4.94. The van der Waals surface area contributed by atoms with Gasteiger partial charge in [0.15, 0.2) is 5.75 Å². The first-order valence-electron chi connectivity index (χ1n) is 9.56.